The minimum atomic E-state index is -0.274. The minimum Gasteiger partial charge on any atom is -0.495 e. The number of ether oxygens (including phenoxy) is 1. The molecule has 1 rings (SSSR count). The van der Waals surface area contributed by atoms with E-state index in [1.54, 1.807) is 18.2 Å². The maximum absolute atomic E-state index is 12.3. The molecule has 0 aromatic heterocycles. The van der Waals surface area contributed by atoms with Crippen molar-refractivity contribution in [2.45, 2.75) is 46.6 Å². The molecule has 1 amide bonds. The summed E-state index contributed by atoms with van der Waals surface area (Å²) in [4.78, 5) is 12.3. The van der Waals surface area contributed by atoms with Crippen LogP contribution < -0.4 is 15.8 Å². The monoisotopic (exact) mass is 278 g/mol. The summed E-state index contributed by atoms with van der Waals surface area (Å²) >= 11 is 0. The van der Waals surface area contributed by atoms with Crippen LogP contribution in [0.4, 0.5) is 5.69 Å². The average Bonchev–Trinajstić information content (AvgIpc) is 2.25. The van der Waals surface area contributed by atoms with Crippen molar-refractivity contribution < 1.29 is 9.53 Å². The second kappa shape index (κ2) is 5.73. The number of nitrogen functional groups attached to an aromatic ring is 1. The Hall–Kier alpha value is -1.71. The van der Waals surface area contributed by atoms with E-state index in [-0.39, 0.29) is 16.9 Å². The summed E-state index contributed by atoms with van der Waals surface area (Å²) in [5.74, 6) is 0.406. The highest BCUT2D eigenvalue weighted by molar-refractivity contribution is 5.95. The lowest BCUT2D eigenvalue weighted by atomic mass is 9.81. The fraction of sp³-hybridized carbons (Fsp3) is 0.562. The lowest BCUT2D eigenvalue weighted by Gasteiger charge is -2.33. The molecule has 0 fully saturated rings. The topological polar surface area (TPSA) is 64.3 Å². The SMILES string of the molecule is COc1cc(C(=O)NC(C)(C)CC(C)(C)C)ccc1N. The van der Waals surface area contributed by atoms with Gasteiger partial charge in [-0.2, -0.15) is 0 Å². The zero-order valence-electron chi connectivity index (χ0n) is 13.3. The van der Waals surface area contributed by atoms with Crippen molar-refractivity contribution >= 4 is 11.6 Å². The number of nitrogens with two attached hydrogens (primary N) is 1. The largest absolute Gasteiger partial charge is 0.495 e. The van der Waals surface area contributed by atoms with Crippen LogP contribution in [0.1, 0.15) is 51.4 Å². The number of carbonyl (C=O) groups is 1. The first-order valence-electron chi connectivity index (χ1n) is 6.80. The van der Waals surface area contributed by atoms with Crippen molar-refractivity contribution in [1.82, 2.24) is 5.32 Å². The molecule has 0 aliphatic heterocycles. The quantitative estimate of drug-likeness (QED) is 0.831. The number of benzene rings is 1. The Kier molecular flexibility index (Phi) is 4.69. The molecule has 0 unspecified atom stereocenters. The van der Waals surface area contributed by atoms with E-state index >= 15 is 0 Å². The Morgan fingerprint density at radius 3 is 2.35 bits per heavy atom. The molecule has 0 heterocycles. The molecular formula is C16H26N2O2. The van der Waals surface area contributed by atoms with Gasteiger partial charge < -0.3 is 15.8 Å². The van der Waals surface area contributed by atoms with Crippen LogP contribution in [0.3, 0.4) is 0 Å². The Bertz CT molecular complexity index is 488. The first-order valence-corrected chi connectivity index (χ1v) is 6.80. The molecule has 4 nitrogen and oxygen atoms in total. The van der Waals surface area contributed by atoms with Gasteiger partial charge >= 0.3 is 0 Å². The smallest absolute Gasteiger partial charge is 0.251 e. The van der Waals surface area contributed by atoms with Crippen LogP contribution in [0.5, 0.6) is 5.75 Å². The normalized spacial score (nSPS) is 12.1. The highest BCUT2D eigenvalue weighted by Crippen LogP contribution is 2.27. The average molecular weight is 278 g/mol. The van der Waals surface area contributed by atoms with Crippen LogP contribution in [0.15, 0.2) is 18.2 Å². The molecule has 0 aliphatic carbocycles. The fourth-order valence-electron chi connectivity index (χ4n) is 2.60. The zero-order chi connectivity index (χ0) is 15.6. The lowest BCUT2D eigenvalue weighted by molar-refractivity contribution is 0.0891. The van der Waals surface area contributed by atoms with Gasteiger partial charge in [-0.1, -0.05) is 20.8 Å². The highest BCUT2D eigenvalue weighted by atomic mass is 16.5. The molecule has 3 N–H and O–H groups in total. The summed E-state index contributed by atoms with van der Waals surface area (Å²) in [6.45, 7) is 10.5. The number of anilines is 1. The van der Waals surface area contributed by atoms with Crippen molar-refractivity contribution in [3.63, 3.8) is 0 Å². The molecule has 0 bridgehead atoms. The van der Waals surface area contributed by atoms with Crippen molar-refractivity contribution in [2.75, 3.05) is 12.8 Å². The molecule has 1 aromatic rings. The summed E-state index contributed by atoms with van der Waals surface area (Å²) < 4.78 is 5.14. The first kappa shape index (κ1) is 16.3. The van der Waals surface area contributed by atoms with Gasteiger partial charge in [0.25, 0.3) is 5.91 Å². The molecule has 4 heteroatoms. The number of nitrogens with one attached hydrogen (secondary N) is 1. The van der Waals surface area contributed by atoms with E-state index in [2.05, 4.69) is 26.1 Å². The predicted octanol–water partition coefficient (Wildman–Crippen LogP) is 3.22. The third-order valence-corrected chi connectivity index (χ3v) is 2.92. The molecule has 0 atom stereocenters. The van der Waals surface area contributed by atoms with Gasteiger partial charge in [0.15, 0.2) is 0 Å². The Labute approximate surface area is 121 Å². The standard InChI is InChI=1S/C16H26N2O2/c1-15(2,3)10-16(4,5)18-14(19)11-7-8-12(17)13(9-11)20-6/h7-9H,10,17H2,1-6H3,(H,18,19). The van der Waals surface area contributed by atoms with Crippen molar-refractivity contribution in [3.05, 3.63) is 23.8 Å². The third-order valence-electron chi connectivity index (χ3n) is 2.92. The number of amides is 1. The fourth-order valence-corrected chi connectivity index (χ4v) is 2.60. The first-order chi connectivity index (χ1) is 9.04. The van der Waals surface area contributed by atoms with E-state index in [1.807, 2.05) is 13.8 Å². The molecule has 0 aliphatic rings. The minimum absolute atomic E-state index is 0.113. The van der Waals surface area contributed by atoms with E-state index in [9.17, 15) is 4.79 Å². The summed E-state index contributed by atoms with van der Waals surface area (Å²) in [7, 11) is 1.54. The van der Waals surface area contributed by atoms with Crippen LogP contribution in [-0.4, -0.2) is 18.6 Å². The van der Waals surface area contributed by atoms with E-state index in [0.717, 1.165) is 6.42 Å². The molecule has 20 heavy (non-hydrogen) atoms. The number of hydrogen-bond donors (Lipinski definition) is 2. The van der Waals surface area contributed by atoms with E-state index in [4.69, 9.17) is 10.5 Å². The van der Waals surface area contributed by atoms with E-state index in [0.29, 0.717) is 17.0 Å². The molecule has 0 saturated heterocycles. The van der Waals surface area contributed by atoms with Crippen LogP contribution in [0, 0.1) is 5.41 Å². The number of rotatable bonds is 4. The molecular weight excluding hydrogens is 252 g/mol. The maximum Gasteiger partial charge on any atom is 0.251 e. The van der Waals surface area contributed by atoms with Crippen LogP contribution in [-0.2, 0) is 0 Å². The highest BCUT2D eigenvalue weighted by Gasteiger charge is 2.27. The van der Waals surface area contributed by atoms with Crippen molar-refractivity contribution in [1.29, 1.82) is 0 Å². The van der Waals surface area contributed by atoms with E-state index < -0.39 is 0 Å². The second-order valence-electron chi connectivity index (χ2n) is 7.03. The number of methoxy groups -OCH3 is 1. The molecule has 112 valence electrons. The Balaban J connectivity index is 2.86. The van der Waals surface area contributed by atoms with Crippen LogP contribution in [0.2, 0.25) is 0 Å². The summed E-state index contributed by atoms with van der Waals surface area (Å²) in [6, 6.07) is 5.06. The summed E-state index contributed by atoms with van der Waals surface area (Å²) in [6.07, 6.45) is 0.887. The second-order valence-corrected chi connectivity index (χ2v) is 7.03. The van der Waals surface area contributed by atoms with Gasteiger partial charge in [0.05, 0.1) is 12.8 Å². The van der Waals surface area contributed by atoms with E-state index in [1.165, 1.54) is 7.11 Å². The zero-order valence-corrected chi connectivity index (χ0v) is 13.3. The summed E-state index contributed by atoms with van der Waals surface area (Å²) in [5.41, 5.74) is 6.71. The Morgan fingerprint density at radius 2 is 1.85 bits per heavy atom. The molecule has 0 spiro atoms. The molecule has 1 aromatic carbocycles. The molecule has 0 saturated carbocycles. The van der Waals surface area contributed by atoms with Crippen molar-refractivity contribution in [2.24, 2.45) is 5.41 Å². The number of carbonyl (C=O) groups excluding carboxylic acids is 1. The predicted molar refractivity (Wildman–Crippen MR) is 83.0 cm³/mol. The van der Waals surface area contributed by atoms with Gasteiger partial charge in [-0.3, -0.25) is 4.79 Å². The summed E-state index contributed by atoms with van der Waals surface area (Å²) in [5, 5.41) is 3.06. The lowest BCUT2D eigenvalue weighted by Crippen LogP contribution is -2.45. The van der Waals surface area contributed by atoms with Gasteiger partial charge in [0.1, 0.15) is 5.75 Å². The molecule has 0 radical (unpaired) electrons. The van der Waals surface area contributed by atoms with Gasteiger partial charge in [0.2, 0.25) is 0 Å². The van der Waals surface area contributed by atoms with Crippen LogP contribution >= 0.6 is 0 Å². The van der Waals surface area contributed by atoms with Gasteiger partial charge in [-0.05, 0) is 43.9 Å². The maximum atomic E-state index is 12.3. The number of hydrogen-bond acceptors (Lipinski definition) is 3. The van der Waals surface area contributed by atoms with Gasteiger partial charge in [0, 0.05) is 11.1 Å². The van der Waals surface area contributed by atoms with Crippen molar-refractivity contribution in [3.8, 4) is 5.75 Å². The van der Waals surface area contributed by atoms with Gasteiger partial charge in [-0.15, -0.1) is 0 Å². The van der Waals surface area contributed by atoms with Gasteiger partial charge in [-0.25, -0.2) is 0 Å². The Morgan fingerprint density at radius 1 is 1.25 bits per heavy atom. The third kappa shape index (κ3) is 4.76. The van der Waals surface area contributed by atoms with Crippen LogP contribution in [0.25, 0.3) is 0 Å².